The topological polar surface area (TPSA) is 36.9 Å². The van der Waals surface area contributed by atoms with Gasteiger partial charge < -0.3 is 18.0 Å². The fourth-order valence-electron chi connectivity index (χ4n) is 2.31. The summed E-state index contributed by atoms with van der Waals surface area (Å²) in [6.07, 6.45) is 0.858. The van der Waals surface area contributed by atoms with Crippen LogP contribution in [0.4, 0.5) is 0 Å². The Morgan fingerprint density at radius 1 is 0.947 bits per heavy atom. The molecule has 0 aliphatic rings. The van der Waals surface area contributed by atoms with E-state index >= 15 is 0 Å². The van der Waals surface area contributed by atoms with Crippen molar-refractivity contribution in [1.29, 1.82) is 0 Å². The molecule has 0 aromatic heterocycles. The van der Waals surface area contributed by atoms with Crippen molar-refractivity contribution in [3.8, 4) is 5.75 Å². The highest BCUT2D eigenvalue weighted by molar-refractivity contribution is 6.60. The second kappa shape index (κ2) is 7.05. The van der Waals surface area contributed by atoms with E-state index in [9.17, 15) is 0 Å². The summed E-state index contributed by atoms with van der Waals surface area (Å²) in [5.41, 5.74) is 3.71. The van der Waals surface area contributed by atoms with E-state index in [-0.39, 0.29) is 0 Å². The van der Waals surface area contributed by atoms with E-state index in [2.05, 4.69) is 19.9 Å². The van der Waals surface area contributed by atoms with Gasteiger partial charge in [0, 0.05) is 27.4 Å². The summed E-state index contributed by atoms with van der Waals surface area (Å²) in [6, 6.07) is 4.84. The maximum Gasteiger partial charge on any atom is 0.500 e. The third kappa shape index (κ3) is 3.57. The molecule has 19 heavy (non-hydrogen) atoms. The van der Waals surface area contributed by atoms with Gasteiger partial charge in [-0.15, -0.1) is 0 Å². The number of aryl methyl sites for hydroxylation is 1. The van der Waals surface area contributed by atoms with Gasteiger partial charge in [0.1, 0.15) is 5.75 Å². The van der Waals surface area contributed by atoms with Crippen molar-refractivity contribution in [2.24, 2.45) is 0 Å². The lowest BCUT2D eigenvalue weighted by molar-refractivity contribution is 0.123. The molecule has 0 bridgehead atoms. The van der Waals surface area contributed by atoms with Crippen LogP contribution in [0.3, 0.4) is 0 Å². The number of rotatable bonds is 7. The second-order valence-electron chi connectivity index (χ2n) is 4.48. The van der Waals surface area contributed by atoms with Gasteiger partial charge in [-0.05, 0) is 43.0 Å². The van der Waals surface area contributed by atoms with Crippen molar-refractivity contribution < 1.29 is 18.0 Å². The Morgan fingerprint density at radius 3 is 2.00 bits per heavy atom. The highest BCUT2D eigenvalue weighted by atomic mass is 28.4. The molecule has 1 aromatic carbocycles. The summed E-state index contributed by atoms with van der Waals surface area (Å²) in [5.74, 6) is 0.917. The fourth-order valence-corrected chi connectivity index (χ4v) is 3.98. The Hall–Kier alpha value is -0.883. The van der Waals surface area contributed by atoms with Gasteiger partial charge in [-0.3, -0.25) is 0 Å². The van der Waals surface area contributed by atoms with Crippen LogP contribution in [0.25, 0.3) is 0 Å². The molecule has 1 aromatic rings. The van der Waals surface area contributed by atoms with Gasteiger partial charge in [0.25, 0.3) is 0 Å². The first-order valence-corrected chi connectivity index (χ1v) is 8.25. The molecule has 0 atom stereocenters. The molecule has 4 nitrogen and oxygen atoms in total. The summed E-state index contributed by atoms with van der Waals surface area (Å²) in [4.78, 5) is 0. The Kier molecular flexibility index (Phi) is 6.00. The Labute approximate surface area is 117 Å². The number of benzene rings is 1. The maximum absolute atomic E-state index is 5.46. The number of methoxy groups -OCH3 is 1. The molecule has 5 heteroatoms. The zero-order valence-corrected chi connectivity index (χ0v) is 13.7. The van der Waals surface area contributed by atoms with Crippen LogP contribution >= 0.6 is 0 Å². The molecular formula is C14H24O4Si. The summed E-state index contributed by atoms with van der Waals surface area (Å²) < 4.78 is 21.7. The average molecular weight is 284 g/mol. The minimum absolute atomic E-state index is 0.755. The third-order valence-electron chi connectivity index (χ3n) is 3.62. The lowest BCUT2D eigenvalue weighted by Crippen LogP contribution is -2.43. The summed E-state index contributed by atoms with van der Waals surface area (Å²) >= 11 is 0. The number of ether oxygens (including phenoxy) is 1. The van der Waals surface area contributed by atoms with E-state index in [1.807, 2.05) is 6.07 Å². The van der Waals surface area contributed by atoms with Gasteiger partial charge in [-0.2, -0.15) is 0 Å². The molecule has 0 heterocycles. The van der Waals surface area contributed by atoms with Crippen LogP contribution < -0.4 is 4.74 Å². The molecule has 108 valence electrons. The fraction of sp³-hybridized carbons (Fsp3) is 0.571. The molecule has 0 aliphatic heterocycles. The van der Waals surface area contributed by atoms with Crippen molar-refractivity contribution >= 4 is 8.80 Å². The first kappa shape index (κ1) is 16.2. The summed E-state index contributed by atoms with van der Waals surface area (Å²) in [5, 5.41) is 0. The molecule has 0 radical (unpaired) electrons. The van der Waals surface area contributed by atoms with Gasteiger partial charge in [0.05, 0.1) is 7.11 Å². The molecular weight excluding hydrogens is 260 g/mol. The molecule has 0 saturated heterocycles. The van der Waals surface area contributed by atoms with Crippen LogP contribution in [-0.4, -0.2) is 37.2 Å². The monoisotopic (exact) mass is 284 g/mol. The third-order valence-corrected chi connectivity index (χ3v) is 6.35. The smallest absolute Gasteiger partial charge is 0.496 e. The average Bonchev–Trinajstić information content (AvgIpc) is 2.44. The minimum atomic E-state index is -2.51. The molecule has 0 spiro atoms. The predicted molar refractivity (Wildman–Crippen MR) is 77.8 cm³/mol. The summed E-state index contributed by atoms with van der Waals surface area (Å²) in [6.45, 7) is 4.19. The van der Waals surface area contributed by atoms with Crippen molar-refractivity contribution in [2.45, 2.75) is 26.3 Å². The van der Waals surface area contributed by atoms with E-state index in [1.165, 1.54) is 16.7 Å². The predicted octanol–water partition coefficient (Wildman–Crippen LogP) is 2.73. The zero-order valence-electron chi connectivity index (χ0n) is 12.7. The number of hydrogen-bond donors (Lipinski definition) is 0. The lowest BCUT2D eigenvalue weighted by atomic mass is 10.00. The molecule has 0 N–H and O–H groups in total. The normalized spacial score (nSPS) is 11.7. The van der Waals surface area contributed by atoms with Gasteiger partial charge in [-0.1, -0.05) is 6.07 Å². The van der Waals surface area contributed by atoms with Gasteiger partial charge in [0.2, 0.25) is 0 Å². The Morgan fingerprint density at radius 2 is 1.53 bits per heavy atom. The van der Waals surface area contributed by atoms with E-state index in [0.717, 1.165) is 18.2 Å². The van der Waals surface area contributed by atoms with Crippen LogP contribution in [0, 0.1) is 13.8 Å². The molecule has 0 amide bonds. The molecule has 0 saturated carbocycles. The lowest BCUT2D eigenvalue weighted by Gasteiger charge is -2.25. The zero-order chi connectivity index (χ0) is 14.5. The maximum atomic E-state index is 5.46. The SMILES string of the molecule is COc1ccc(C)c(CC[Si](OC)(OC)OC)c1C. The standard InChI is InChI=1S/C14H24O4Si/c1-11-7-8-14(15-3)12(2)13(11)9-10-19(16-4,17-5)18-6/h7-8H,9-10H2,1-6H3. The largest absolute Gasteiger partial charge is 0.500 e. The van der Waals surface area contributed by atoms with E-state index in [4.69, 9.17) is 18.0 Å². The van der Waals surface area contributed by atoms with Crippen molar-refractivity contribution in [3.05, 3.63) is 28.8 Å². The highest BCUT2D eigenvalue weighted by Crippen LogP contribution is 2.27. The van der Waals surface area contributed by atoms with Crippen LogP contribution in [0.15, 0.2) is 12.1 Å². The minimum Gasteiger partial charge on any atom is -0.496 e. The van der Waals surface area contributed by atoms with Gasteiger partial charge >= 0.3 is 8.80 Å². The van der Waals surface area contributed by atoms with Gasteiger partial charge in [-0.25, -0.2) is 0 Å². The van der Waals surface area contributed by atoms with Crippen LogP contribution in [0.1, 0.15) is 16.7 Å². The molecule has 0 fully saturated rings. The molecule has 1 rings (SSSR count). The second-order valence-corrected chi connectivity index (χ2v) is 7.57. The first-order chi connectivity index (χ1) is 9.03. The Bertz CT molecular complexity index is 408. The van der Waals surface area contributed by atoms with Gasteiger partial charge in [0.15, 0.2) is 0 Å². The molecule has 0 aliphatic carbocycles. The van der Waals surface area contributed by atoms with E-state index in [0.29, 0.717) is 0 Å². The number of hydrogen-bond acceptors (Lipinski definition) is 4. The van der Waals surface area contributed by atoms with Crippen LogP contribution in [0.2, 0.25) is 6.04 Å². The van der Waals surface area contributed by atoms with Crippen molar-refractivity contribution in [2.75, 3.05) is 28.4 Å². The quantitative estimate of drug-likeness (QED) is 0.721. The first-order valence-electron chi connectivity index (χ1n) is 6.32. The highest BCUT2D eigenvalue weighted by Gasteiger charge is 2.37. The van der Waals surface area contributed by atoms with Crippen molar-refractivity contribution in [1.82, 2.24) is 0 Å². The van der Waals surface area contributed by atoms with E-state index < -0.39 is 8.80 Å². The molecule has 0 unspecified atom stereocenters. The van der Waals surface area contributed by atoms with E-state index in [1.54, 1.807) is 28.4 Å². The summed E-state index contributed by atoms with van der Waals surface area (Å²) in [7, 11) is 4.11. The van der Waals surface area contributed by atoms with Crippen LogP contribution in [-0.2, 0) is 19.7 Å². The van der Waals surface area contributed by atoms with Crippen LogP contribution in [0.5, 0.6) is 5.75 Å². The van der Waals surface area contributed by atoms with Crippen molar-refractivity contribution in [3.63, 3.8) is 0 Å². The Balaban J connectivity index is 2.94.